The summed E-state index contributed by atoms with van der Waals surface area (Å²) < 4.78 is 6.26. The van der Waals surface area contributed by atoms with Crippen molar-refractivity contribution in [3.8, 4) is 0 Å². The van der Waals surface area contributed by atoms with Gasteiger partial charge in [0, 0.05) is 40.5 Å². The van der Waals surface area contributed by atoms with Gasteiger partial charge in [-0.3, -0.25) is 18.7 Å². The lowest BCUT2D eigenvalue weighted by molar-refractivity contribution is -0.136. The molecule has 3 aromatic heterocycles. The number of amides is 1. The van der Waals surface area contributed by atoms with Gasteiger partial charge in [-0.25, -0.2) is 14.8 Å². The van der Waals surface area contributed by atoms with Gasteiger partial charge in [-0.15, -0.1) is 0 Å². The van der Waals surface area contributed by atoms with E-state index in [0.717, 1.165) is 34.4 Å². The lowest BCUT2D eigenvalue weighted by Crippen LogP contribution is -2.50. The predicted molar refractivity (Wildman–Crippen MR) is 139 cm³/mol. The summed E-state index contributed by atoms with van der Waals surface area (Å²) in [5, 5.41) is 11.4. The van der Waals surface area contributed by atoms with Crippen LogP contribution >= 0.6 is 0 Å². The number of benzene rings is 1. The molecule has 0 radical (unpaired) electrons. The minimum atomic E-state index is -0.875. The van der Waals surface area contributed by atoms with Gasteiger partial charge in [-0.1, -0.05) is 12.1 Å². The maximum Gasteiger partial charge on any atom is 0.332 e. The SMILES string of the molecule is CCn1c(CCC(=O)N(C)[C@@H]2CCC[C@@H](n3cnc4c(=O)n(C)c(=O)n(C)c43)[C@@H]2O)nc2ccccc21. The molecule has 0 aliphatic heterocycles. The third-order valence-electron chi connectivity index (χ3n) is 7.82. The maximum absolute atomic E-state index is 13.2. The van der Waals surface area contributed by atoms with Gasteiger partial charge in [0.25, 0.3) is 5.56 Å². The maximum atomic E-state index is 13.2. The molecule has 3 atom stereocenters. The van der Waals surface area contributed by atoms with Crippen LogP contribution in [0.3, 0.4) is 0 Å². The van der Waals surface area contributed by atoms with Crippen LogP contribution in [0.4, 0.5) is 0 Å². The number of aliphatic hydroxyl groups is 1. The van der Waals surface area contributed by atoms with E-state index in [4.69, 9.17) is 4.98 Å². The Morgan fingerprint density at radius 3 is 2.68 bits per heavy atom. The van der Waals surface area contributed by atoms with Crippen LogP contribution in [0.2, 0.25) is 0 Å². The zero-order chi connectivity index (χ0) is 26.4. The fourth-order valence-electron chi connectivity index (χ4n) is 5.75. The van der Waals surface area contributed by atoms with Crippen molar-refractivity contribution >= 4 is 28.1 Å². The number of para-hydroxylation sites is 2. The highest BCUT2D eigenvalue weighted by Crippen LogP contribution is 2.33. The number of imidazole rings is 2. The van der Waals surface area contributed by atoms with Crippen LogP contribution < -0.4 is 11.2 Å². The summed E-state index contributed by atoms with van der Waals surface area (Å²) >= 11 is 0. The monoisotopic (exact) mass is 507 g/mol. The first-order valence-corrected chi connectivity index (χ1v) is 12.7. The lowest BCUT2D eigenvalue weighted by atomic mass is 9.87. The van der Waals surface area contributed by atoms with E-state index in [0.29, 0.717) is 24.9 Å². The Bertz CT molecular complexity index is 1590. The summed E-state index contributed by atoms with van der Waals surface area (Å²) in [5.41, 5.74) is 1.62. The van der Waals surface area contributed by atoms with Crippen molar-refractivity contribution in [2.24, 2.45) is 14.1 Å². The predicted octanol–water partition coefficient (Wildman–Crippen LogP) is 1.35. The molecule has 37 heavy (non-hydrogen) atoms. The molecule has 1 amide bonds. The Labute approximate surface area is 213 Å². The van der Waals surface area contributed by atoms with Gasteiger partial charge in [0.1, 0.15) is 11.5 Å². The van der Waals surface area contributed by atoms with Gasteiger partial charge in [0.05, 0.1) is 35.5 Å². The van der Waals surface area contributed by atoms with Gasteiger partial charge in [0.2, 0.25) is 5.91 Å². The molecule has 1 N–H and O–H groups in total. The molecule has 196 valence electrons. The third kappa shape index (κ3) is 4.07. The zero-order valence-corrected chi connectivity index (χ0v) is 21.7. The Morgan fingerprint density at radius 2 is 1.92 bits per heavy atom. The Hall–Kier alpha value is -3.73. The molecule has 0 spiro atoms. The van der Waals surface area contributed by atoms with E-state index >= 15 is 0 Å². The van der Waals surface area contributed by atoms with E-state index in [-0.39, 0.29) is 17.8 Å². The molecular formula is C26H33N7O4. The van der Waals surface area contributed by atoms with E-state index < -0.39 is 29.4 Å². The van der Waals surface area contributed by atoms with Crippen LogP contribution in [0, 0.1) is 0 Å². The van der Waals surface area contributed by atoms with E-state index in [1.165, 1.54) is 17.9 Å². The minimum Gasteiger partial charge on any atom is -0.389 e. The van der Waals surface area contributed by atoms with Crippen molar-refractivity contribution in [1.29, 1.82) is 0 Å². The number of likely N-dealkylation sites (N-methyl/N-ethyl adjacent to an activating group) is 1. The number of fused-ring (bicyclic) bond motifs is 2. The average molecular weight is 508 g/mol. The van der Waals surface area contributed by atoms with Crippen LogP contribution in [0.5, 0.6) is 0 Å². The van der Waals surface area contributed by atoms with Crippen molar-refractivity contribution in [3.05, 3.63) is 57.3 Å². The van der Waals surface area contributed by atoms with Gasteiger partial charge >= 0.3 is 5.69 Å². The highest BCUT2D eigenvalue weighted by atomic mass is 16.3. The molecule has 0 saturated heterocycles. The van der Waals surface area contributed by atoms with Crippen LogP contribution in [-0.4, -0.2) is 63.3 Å². The summed E-state index contributed by atoms with van der Waals surface area (Å²) in [5.74, 6) is 0.816. The summed E-state index contributed by atoms with van der Waals surface area (Å²) in [7, 11) is 4.75. The van der Waals surface area contributed by atoms with Crippen molar-refractivity contribution in [3.63, 3.8) is 0 Å². The molecule has 11 nitrogen and oxygen atoms in total. The topological polar surface area (TPSA) is 120 Å². The molecular weight excluding hydrogens is 474 g/mol. The second-order valence-electron chi connectivity index (χ2n) is 9.85. The molecule has 1 aromatic carbocycles. The smallest absolute Gasteiger partial charge is 0.332 e. The van der Waals surface area contributed by atoms with E-state index in [2.05, 4.69) is 16.5 Å². The molecule has 0 unspecified atom stereocenters. The number of hydrogen-bond donors (Lipinski definition) is 1. The molecule has 11 heteroatoms. The highest BCUT2D eigenvalue weighted by Gasteiger charge is 2.38. The lowest BCUT2D eigenvalue weighted by Gasteiger charge is -2.40. The number of carbonyl (C=O) groups is 1. The second kappa shape index (κ2) is 9.62. The normalized spacial score (nSPS) is 20.1. The number of hydrogen-bond acceptors (Lipinski definition) is 6. The Morgan fingerprint density at radius 1 is 1.16 bits per heavy atom. The fraction of sp³-hybridized carbons (Fsp3) is 0.500. The zero-order valence-electron chi connectivity index (χ0n) is 21.7. The number of aromatic nitrogens is 6. The molecule has 1 aliphatic rings. The summed E-state index contributed by atoms with van der Waals surface area (Å²) in [6.07, 6.45) is 3.53. The Kier molecular flexibility index (Phi) is 6.49. The van der Waals surface area contributed by atoms with Crippen LogP contribution in [0.1, 0.15) is 44.5 Å². The second-order valence-corrected chi connectivity index (χ2v) is 9.85. The average Bonchev–Trinajstić information content (AvgIpc) is 3.50. The highest BCUT2D eigenvalue weighted by molar-refractivity contribution is 5.78. The Balaban J connectivity index is 1.36. The fourth-order valence-corrected chi connectivity index (χ4v) is 5.75. The number of aliphatic hydroxyl groups excluding tert-OH is 1. The van der Waals surface area contributed by atoms with E-state index in [1.807, 2.05) is 24.3 Å². The van der Waals surface area contributed by atoms with Gasteiger partial charge in [-0.05, 0) is 38.3 Å². The largest absolute Gasteiger partial charge is 0.389 e. The van der Waals surface area contributed by atoms with E-state index in [1.54, 1.807) is 23.6 Å². The van der Waals surface area contributed by atoms with Gasteiger partial charge in [0.15, 0.2) is 5.52 Å². The molecule has 4 aromatic rings. The summed E-state index contributed by atoms with van der Waals surface area (Å²) in [4.78, 5) is 49.0. The quantitative estimate of drug-likeness (QED) is 0.421. The first kappa shape index (κ1) is 24.9. The molecule has 3 heterocycles. The van der Waals surface area contributed by atoms with Crippen molar-refractivity contribution < 1.29 is 9.90 Å². The van der Waals surface area contributed by atoms with Gasteiger partial charge in [-0.2, -0.15) is 0 Å². The van der Waals surface area contributed by atoms with Gasteiger partial charge < -0.3 is 19.1 Å². The van der Waals surface area contributed by atoms with Crippen molar-refractivity contribution in [2.45, 2.75) is 63.8 Å². The minimum absolute atomic E-state index is 0.0591. The van der Waals surface area contributed by atoms with Crippen LogP contribution in [-0.2, 0) is 31.9 Å². The van der Waals surface area contributed by atoms with Crippen LogP contribution in [0.25, 0.3) is 22.2 Å². The number of rotatable bonds is 6. The van der Waals surface area contributed by atoms with Crippen molar-refractivity contribution in [1.82, 2.24) is 33.1 Å². The summed E-state index contributed by atoms with van der Waals surface area (Å²) in [6.45, 7) is 2.84. The van der Waals surface area contributed by atoms with Crippen molar-refractivity contribution in [2.75, 3.05) is 7.05 Å². The first-order valence-electron chi connectivity index (χ1n) is 12.7. The molecule has 0 bridgehead atoms. The molecule has 1 aliphatic carbocycles. The first-order chi connectivity index (χ1) is 17.7. The number of aryl methyl sites for hydroxylation is 3. The third-order valence-corrected chi connectivity index (χ3v) is 7.82. The number of carbonyl (C=O) groups excluding carboxylic acids is 1. The molecule has 1 fully saturated rings. The van der Waals surface area contributed by atoms with Crippen LogP contribution in [0.15, 0.2) is 40.2 Å². The molecule has 1 saturated carbocycles. The van der Waals surface area contributed by atoms with E-state index in [9.17, 15) is 19.5 Å². The standard InChI is InChI=1S/C26H33N7O4/c1-5-32-17-10-7-6-9-16(17)28-20(32)13-14-21(34)29(2)18-11-8-12-19(23(18)35)33-15-27-22-24(33)30(3)26(37)31(4)25(22)36/h6-7,9-10,15,18-19,23,35H,5,8,11-14H2,1-4H3/t18-,19-,23-/m1/s1. The molecule has 5 rings (SSSR count). The number of nitrogens with zero attached hydrogens (tertiary/aromatic N) is 7. The summed E-state index contributed by atoms with van der Waals surface area (Å²) in [6, 6.07) is 7.14.